The highest BCUT2D eigenvalue weighted by molar-refractivity contribution is 6.19. The van der Waals surface area contributed by atoms with Crippen LogP contribution in [-0.2, 0) is 16.7 Å². The van der Waals surface area contributed by atoms with Gasteiger partial charge in [0.1, 0.15) is 5.69 Å². The third-order valence-electron chi connectivity index (χ3n) is 8.71. The van der Waals surface area contributed by atoms with Crippen molar-refractivity contribution in [1.29, 1.82) is 0 Å². The van der Waals surface area contributed by atoms with E-state index in [9.17, 15) is 4.79 Å². The third kappa shape index (κ3) is 3.77. The largest absolute Gasteiger partial charge is 0.493 e. The van der Waals surface area contributed by atoms with Crippen molar-refractivity contribution < 1.29 is 23.7 Å². The van der Waals surface area contributed by atoms with E-state index in [-0.39, 0.29) is 5.41 Å². The van der Waals surface area contributed by atoms with Gasteiger partial charge in [-0.2, -0.15) is 0 Å². The highest BCUT2D eigenvalue weighted by atomic mass is 16.5. The van der Waals surface area contributed by atoms with Crippen LogP contribution < -0.4 is 14.2 Å². The van der Waals surface area contributed by atoms with E-state index >= 15 is 0 Å². The maximum Gasteiger partial charge on any atom is 0.355 e. The molecule has 7 nitrogen and oxygen atoms in total. The molecule has 0 spiro atoms. The Labute approximate surface area is 250 Å². The number of rotatable bonds is 5. The number of pyridine rings is 1. The molecule has 7 rings (SSSR count). The van der Waals surface area contributed by atoms with E-state index in [1.54, 1.807) is 21.3 Å². The Morgan fingerprint density at radius 3 is 2.16 bits per heavy atom. The van der Waals surface area contributed by atoms with E-state index in [4.69, 9.17) is 18.9 Å². The minimum Gasteiger partial charge on any atom is -0.493 e. The molecule has 3 aromatic heterocycles. The number of esters is 1. The lowest BCUT2D eigenvalue weighted by Gasteiger charge is -2.19. The van der Waals surface area contributed by atoms with Crippen LogP contribution in [0.4, 0.5) is 0 Å². The normalized spacial score (nSPS) is 12.5. The van der Waals surface area contributed by atoms with Crippen LogP contribution in [0.25, 0.3) is 49.7 Å². The predicted molar refractivity (Wildman–Crippen MR) is 170 cm³/mol. The van der Waals surface area contributed by atoms with Crippen LogP contribution in [-0.4, -0.2) is 43.4 Å². The summed E-state index contributed by atoms with van der Waals surface area (Å²) in [5, 5.41) is 2.06. The van der Waals surface area contributed by atoms with Crippen molar-refractivity contribution in [3.63, 3.8) is 0 Å². The Bertz CT molecular complexity index is 2090. The maximum absolute atomic E-state index is 13.5. The second-order valence-corrected chi connectivity index (χ2v) is 12.0. The topological polar surface area (TPSA) is 63.3 Å². The van der Waals surface area contributed by atoms with E-state index in [1.807, 2.05) is 24.3 Å². The van der Waals surface area contributed by atoms with Gasteiger partial charge in [-0.25, -0.2) is 4.79 Å². The average molecular weight is 575 g/mol. The molecule has 0 N–H and O–H groups in total. The molecule has 0 radical (unpaired) electrons. The molecule has 0 bridgehead atoms. The fourth-order valence-corrected chi connectivity index (χ4v) is 6.69. The van der Waals surface area contributed by atoms with Crippen molar-refractivity contribution in [2.24, 2.45) is 0 Å². The lowest BCUT2D eigenvalue weighted by atomic mass is 9.86. The molecule has 43 heavy (non-hydrogen) atoms. The number of carbonyl (C=O) groups excluding carboxylic acids is 1. The molecule has 0 atom stereocenters. The summed E-state index contributed by atoms with van der Waals surface area (Å²) in [6.45, 7) is 7.19. The molecule has 0 saturated heterocycles. The number of fused-ring (bicyclic) bond motifs is 5. The van der Waals surface area contributed by atoms with Crippen LogP contribution in [0.1, 0.15) is 42.4 Å². The van der Waals surface area contributed by atoms with Gasteiger partial charge in [-0.05, 0) is 46.4 Å². The summed E-state index contributed by atoms with van der Waals surface area (Å²) in [6.07, 6.45) is 0. The summed E-state index contributed by atoms with van der Waals surface area (Å²) in [5.74, 6) is 1.30. The number of nitrogens with zero attached hydrogens (tertiary/aromatic N) is 2. The monoisotopic (exact) mass is 574 g/mol. The van der Waals surface area contributed by atoms with Gasteiger partial charge < -0.3 is 27.9 Å². The highest BCUT2D eigenvalue weighted by Crippen LogP contribution is 2.52. The Morgan fingerprint density at radius 1 is 0.791 bits per heavy atom. The number of ether oxygens (including phenoxy) is 4. The molecule has 0 saturated carbocycles. The Balaban J connectivity index is 1.71. The molecule has 0 amide bonds. The molecule has 0 unspecified atom stereocenters. The van der Waals surface area contributed by atoms with Gasteiger partial charge in [0, 0.05) is 34.0 Å². The molecule has 7 heteroatoms. The zero-order valence-electron chi connectivity index (χ0n) is 25.5. The van der Waals surface area contributed by atoms with Gasteiger partial charge in [0.15, 0.2) is 11.5 Å². The number of methoxy groups -OCH3 is 4. The summed E-state index contributed by atoms with van der Waals surface area (Å²) in [7, 11) is 6.33. The van der Waals surface area contributed by atoms with Crippen LogP contribution in [0.2, 0.25) is 0 Å². The SMILES string of the molecule is COC(=O)c1cc2c3ccccc3n3c2c2c(cc(-c4ccc(C(C)(C)C)cc4)n12)-c1c(cc(OC)c(OC)c1OC)C3. The number of hydrogen-bond donors (Lipinski definition) is 0. The number of para-hydroxylation sites is 1. The predicted octanol–water partition coefficient (Wildman–Crippen LogP) is 7.85. The summed E-state index contributed by atoms with van der Waals surface area (Å²) in [5.41, 5.74) is 9.48. The van der Waals surface area contributed by atoms with Gasteiger partial charge >= 0.3 is 5.97 Å². The molecule has 4 heterocycles. The Hall–Kier alpha value is -4.91. The van der Waals surface area contributed by atoms with E-state index in [0.29, 0.717) is 29.5 Å². The molecule has 1 aliphatic heterocycles. The lowest BCUT2D eigenvalue weighted by molar-refractivity contribution is 0.0592. The minimum absolute atomic E-state index is 0.0119. The van der Waals surface area contributed by atoms with Crippen molar-refractivity contribution in [2.75, 3.05) is 28.4 Å². The van der Waals surface area contributed by atoms with Gasteiger partial charge in [-0.3, -0.25) is 0 Å². The average Bonchev–Trinajstić information content (AvgIpc) is 3.51. The summed E-state index contributed by atoms with van der Waals surface area (Å²) in [4.78, 5) is 13.5. The molecular weight excluding hydrogens is 540 g/mol. The van der Waals surface area contributed by atoms with Crippen LogP contribution in [0.15, 0.2) is 66.7 Å². The molecule has 218 valence electrons. The van der Waals surface area contributed by atoms with E-state index in [0.717, 1.165) is 55.3 Å². The quantitative estimate of drug-likeness (QED) is 0.196. The van der Waals surface area contributed by atoms with Crippen LogP contribution in [0.3, 0.4) is 0 Å². The molecule has 6 aromatic rings. The standard InChI is InChI=1S/C36H34N2O5/c1-36(2,3)22-14-12-20(13-15-22)27-18-25-30-21(16-29(40-4)33(41-5)34(30)42-6)19-37-26-11-9-8-10-23(26)24-17-28(35(39)43-7)38(27)32(25)31(24)37/h8-18H,19H2,1-7H3. The van der Waals surface area contributed by atoms with E-state index < -0.39 is 5.97 Å². The first-order valence-corrected chi connectivity index (χ1v) is 14.3. The van der Waals surface area contributed by atoms with Crippen molar-refractivity contribution in [1.82, 2.24) is 8.97 Å². The number of carbonyl (C=O) groups is 1. The third-order valence-corrected chi connectivity index (χ3v) is 8.71. The first kappa shape index (κ1) is 27.0. The molecular formula is C36H34N2O5. The van der Waals surface area contributed by atoms with Gasteiger partial charge in [0.25, 0.3) is 0 Å². The molecule has 1 aliphatic rings. The lowest BCUT2D eigenvalue weighted by Crippen LogP contribution is -2.11. The highest BCUT2D eigenvalue weighted by Gasteiger charge is 2.32. The zero-order valence-corrected chi connectivity index (χ0v) is 25.5. The van der Waals surface area contributed by atoms with Gasteiger partial charge in [0.05, 0.1) is 45.2 Å². The maximum atomic E-state index is 13.5. The zero-order chi connectivity index (χ0) is 30.2. The number of aromatic nitrogens is 2. The van der Waals surface area contributed by atoms with Crippen molar-refractivity contribution in [2.45, 2.75) is 32.7 Å². The molecule has 0 fully saturated rings. The fourth-order valence-electron chi connectivity index (χ4n) is 6.69. The Kier molecular flexibility index (Phi) is 5.99. The van der Waals surface area contributed by atoms with Crippen LogP contribution in [0, 0.1) is 0 Å². The number of benzene rings is 3. The van der Waals surface area contributed by atoms with Crippen molar-refractivity contribution >= 4 is 33.3 Å². The van der Waals surface area contributed by atoms with Crippen LogP contribution in [0.5, 0.6) is 17.2 Å². The minimum atomic E-state index is -0.405. The van der Waals surface area contributed by atoms with Crippen molar-refractivity contribution in [3.05, 3.63) is 83.6 Å². The summed E-state index contributed by atoms with van der Waals surface area (Å²) < 4.78 is 27.4. The first-order chi connectivity index (χ1) is 20.7. The number of hydrogen-bond acceptors (Lipinski definition) is 5. The van der Waals surface area contributed by atoms with Crippen LogP contribution >= 0.6 is 0 Å². The second kappa shape index (κ2) is 9.56. The van der Waals surface area contributed by atoms with Gasteiger partial charge in [0.2, 0.25) is 5.75 Å². The van der Waals surface area contributed by atoms with E-state index in [2.05, 4.69) is 72.2 Å². The summed E-state index contributed by atoms with van der Waals surface area (Å²) >= 11 is 0. The Morgan fingerprint density at radius 2 is 1.51 bits per heavy atom. The molecule has 3 aromatic carbocycles. The van der Waals surface area contributed by atoms with Crippen molar-refractivity contribution in [3.8, 4) is 39.6 Å². The molecule has 0 aliphatic carbocycles. The smallest absolute Gasteiger partial charge is 0.355 e. The van der Waals surface area contributed by atoms with E-state index in [1.165, 1.54) is 12.7 Å². The first-order valence-electron chi connectivity index (χ1n) is 14.3. The second-order valence-electron chi connectivity index (χ2n) is 12.0. The summed E-state index contributed by atoms with van der Waals surface area (Å²) in [6, 6.07) is 23.1. The van der Waals surface area contributed by atoms with Gasteiger partial charge in [-0.15, -0.1) is 0 Å². The van der Waals surface area contributed by atoms with Gasteiger partial charge in [-0.1, -0.05) is 63.2 Å². The fraction of sp³-hybridized carbons (Fsp3) is 0.250.